The van der Waals surface area contributed by atoms with Crippen molar-refractivity contribution in [2.75, 3.05) is 26.2 Å². The molecule has 0 heterocycles. The van der Waals surface area contributed by atoms with Crippen LogP contribution < -0.4 is 0 Å². The van der Waals surface area contributed by atoms with E-state index < -0.39 is 5.97 Å². The van der Waals surface area contributed by atoms with Crippen LogP contribution >= 0.6 is 0 Å². The zero-order valence-electron chi connectivity index (χ0n) is 9.42. The van der Waals surface area contributed by atoms with Crippen molar-refractivity contribution in [3.05, 3.63) is 5.73 Å². The van der Waals surface area contributed by atoms with Gasteiger partial charge in [-0.3, -0.25) is 4.79 Å². The summed E-state index contributed by atoms with van der Waals surface area (Å²) in [5.41, 5.74) is 6.90. The molecule has 0 spiro atoms. The molecule has 1 rings (SSSR count). The van der Waals surface area contributed by atoms with Gasteiger partial charge >= 0.3 is 5.97 Å². The van der Waals surface area contributed by atoms with Gasteiger partial charge < -0.3 is 15.7 Å². The number of hydrogen-bond donors (Lipinski definition) is 1. The maximum atomic E-state index is 9.76. The molecule has 0 aromatic heterocycles. The average Bonchev–Trinajstić information content (AvgIpc) is 2.98. The molecule has 0 aromatic carbocycles. The normalized spacial score (nSPS) is 13.9. The van der Waals surface area contributed by atoms with Crippen LogP contribution in [-0.4, -0.2) is 42.2 Å². The average molecular weight is 398 g/mol. The summed E-state index contributed by atoms with van der Waals surface area (Å²) in [7, 11) is 0. The van der Waals surface area contributed by atoms with Crippen molar-refractivity contribution in [1.82, 2.24) is 4.90 Å². The minimum absolute atomic E-state index is 0. The van der Waals surface area contributed by atoms with Crippen LogP contribution in [0.2, 0.25) is 0 Å². The summed E-state index contributed by atoms with van der Waals surface area (Å²) >= 11 is 0. The Morgan fingerprint density at radius 2 is 1.87 bits per heavy atom. The van der Waals surface area contributed by atoms with E-state index in [1.807, 2.05) is 0 Å². The quantitative estimate of drug-likeness (QED) is 0.720. The Bertz CT molecular complexity index is 160. The number of carboxylic acids is 1. The third-order valence-electron chi connectivity index (χ3n) is 2.25. The Labute approximate surface area is 108 Å². The second-order valence-corrected chi connectivity index (χ2v) is 3.39. The molecule has 5 heteroatoms. The Morgan fingerprint density at radius 3 is 1.93 bits per heavy atom. The second-order valence-electron chi connectivity index (χ2n) is 3.39. The summed E-state index contributed by atoms with van der Waals surface area (Å²) in [4.78, 5) is 12.0. The first-order chi connectivity index (χ1) is 6.65. The summed E-state index contributed by atoms with van der Waals surface area (Å²) in [6.45, 7) is 7.86. The fourth-order valence-electron chi connectivity index (χ4n) is 1.03. The van der Waals surface area contributed by atoms with E-state index in [0.29, 0.717) is 6.54 Å². The van der Waals surface area contributed by atoms with Crippen LogP contribution in [0, 0.1) is 5.92 Å². The number of aliphatic carboxylic acids is 1. The van der Waals surface area contributed by atoms with E-state index in [2.05, 4.69) is 18.7 Å². The predicted molar refractivity (Wildman–Crippen MR) is 57.3 cm³/mol. The SMILES string of the molecule is CCN(CC)CC[NH-].O=C(O)C1CC1.[Au]. The zero-order chi connectivity index (χ0) is 11.0. The van der Waals surface area contributed by atoms with E-state index in [4.69, 9.17) is 10.8 Å². The number of nitrogens with zero attached hydrogens (tertiary/aromatic N) is 1. The molecule has 2 N–H and O–H groups in total. The molecule has 1 aliphatic rings. The van der Waals surface area contributed by atoms with Gasteiger partial charge in [0.1, 0.15) is 0 Å². The van der Waals surface area contributed by atoms with Crippen molar-refractivity contribution in [3.8, 4) is 0 Å². The smallest absolute Gasteiger partial charge is 0.306 e. The molecule has 0 atom stereocenters. The van der Waals surface area contributed by atoms with Crippen LogP contribution in [0.5, 0.6) is 0 Å². The van der Waals surface area contributed by atoms with Gasteiger partial charge in [0, 0.05) is 22.4 Å². The third-order valence-corrected chi connectivity index (χ3v) is 2.25. The molecule has 95 valence electrons. The number of carboxylic acid groups (broad SMARTS) is 1. The number of likely N-dealkylation sites (N-methyl/N-ethyl adjacent to an activating group) is 1. The molecule has 1 fully saturated rings. The number of carbonyl (C=O) groups is 1. The van der Waals surface area contributed by atoms with Gasteiger partial charge in [-0.2, -0.15) is 0 Å². The number of hydrogen-bond acceptors (Lipinski definition) is 2. The van der Waals surface area contributed by atoms with Crippen LogP contribution in [0.1, 0.15) is 26.7 Å². The van der Waals surface area contributed by atoms with E-state index in [1.54, 1.807) is 0 Å². The molecule has 1 radical (unpaired) electrons. The van der Waals surface area contributed by atoms with Crippen molar-refractivity contribution >= 4 is 5.97 Å². The molecular weight excluding hydrogens is 377 g/mol. The standard InChI is InChI=1S/C6H15N2.C4H6O2.Au/c1-3-8(4-2)6-5-7;5-4(6)3-1-2-3;/h7H,3-6H2,1-2H3;3H,1-2H2,(H,5,6);/q-1;;. The molecule has 0 aliphatic heterocycles. The van der Waals surface area contributed by atoms with E-state index in [0.717, 1.165) is 32.5 Å². The third kappa shape index (κ3) is 10.4. The zero-order valence-corrected chi connectivity index (χ0v) is 11.6. The summed E-state index contributed by atoms with van der Waals surface area (Å²) < 4.78 is 0. The first-order valence-corrected chi connectivity index (χ1v) is 5.25. The summed E-state index contributed by atoms with van der Waals surface area (Å²) in [6.07, 6.45) is 1.80. The van der Waals surface area contributed by atoms with Crippen LogP contribution in [0.3, 0.4) is 0 Å². The molecule has 1 saturated carbocycles. The van der Waals surface area contributed by atoms with Crippen LogP contribution in [0.4, 0.5) is 0 Å². The summed E-state index contributed by atoms with van der Waals surface area (Å²) in [5.74, 6) is -0.611. The van der Waals surface area contributed by atoms with E-state index >= 15 is 0 Å². The molecule has 4 nitrogen and oxygen atoms in total. The van der Waals surface area contributed by atoms with Crippen molar-refractivity contribution < 1.29 is 32.3 Å². The fourth-order valence-corrected chi connectivity index (χ4v) is 1.03. The fraction of sp³-hybridized carbons (Fsp3) is 0.900. The van der Waals surface area contributed by atoms with Crippen molar-refractivity contribution in [2.45, 2.75) is 26.7 Å². The molecule has 0 bridgehead atoms. The molecule has 0 amide bonds. The molecule has 1 aliphatic carbocycles. The van der Waals surface area contributed by atoms with Gasteiger partial charge in [0.05, 0.1) is 5.92 Å². The molecule has 0 aromatic rings. The van der Waals surface area contributed by atoms with Gasteiger partial charge in [-0.1, -0.05) is 13.8 Å². The Morgan fingerprint density at radius 1 is 1.40 bits per heavy atom. The van der Waals surface area contributed by atoms with Gasteiger partial charge in [0.2, 0.25) is 0 Å². The Balaban J connectivity index is 0. The summed E-state index contributed by atoms with van der Waals surface area (Å²) in [6, 6.07) is 0. The minimum Gasteiger partial charge on any atom is -0.676 e. The van der Waals surface area contributed by atoms with Crippen molar-refractivity contribution in [2.24, 2.45) is 5.92 Å². The Kier molecular flexibility index (Phi) is 12.4. The van der Waals surface area contributed by atoms with Gasteiger partial charge in [0.25, 0.3) is 0 Å². The topological polar surface area (TPSA) is 64.3 Å². The number of rotatable bonds is 5. The maximum Gasteiger partial charge on any atom is 0.306 e. The second kappa shape index (κ2) is 10.6. The maximum absolute atomic E-state index is 9.76. The van der Waals surface area contributed by atoms with Crippen LogP contribution in [0.15, 0.2) is 0 Å². The minimum atomic E-state index is -0.630. The van der Waals surface area contributed by atoms with Gasteiger partial charge in [-0.25, -0.2) is 0 Å². The van der Waals surface area contributed by atoms with E-state index in [-0.39, 0.29) is 28.3 Å². The van der Waals surface area contributed by atoms with Crippen molar-refractivity contribution in [3.63, 3.8) is 0 Å². The largest absolute Gasteiger partial charge is 0.676 e. The Hall–Kier alpha value is 0.130. The van der Waals surface area contributed by atoms with E-state index in [1.165, 1.54) is 0 Å². The van der Waals surface area contributed by atoms with Gasteiger partial charge in [-0.05, 0) is 32.5 Å². The van der Waals surface area contributed by atoms with E-state index in [9.17, 15) is 4.79 Å². The van der Waals surface area contributed by atoms with Crippen molar-refractivity contribution in [1.29, 1.82) is 0 Å². The van der Waals surface area contributed by atoms with Crippen LogP contribution in [-0.2, 0) is 27.2 Å². The van der Waals surface area contributed by atoms with Crippen LogP contribution in [0.25, 0.3) is 5.73 Å². The first-order valence-electron chi connectivity index (χ1n) is 5.25. The first kappa shape index (κ1) is 17.5. The molecular formula is C10H21AuN2O2-. The molecule has 0 saturated heterocycles. The summed E-state index contributed by atoms with van der Waals surface area (Å²) in [5, 5.41) is 8.05. The van der Waals surface area contributed by atoms with Gasteiger partial charge in [0.15, 0.2) is 0 Å². The monoisotopic (exact) mass is 398 g/mol. The van der Waals surface area contributed by atoms with Gasteiger partial charge in [-0.15, -0.1) is 6.54 Å². The predicted octanol–water partition coefficient (Wildman–Crippen LogP) is 1.86. The molecule has 15 heavy (non-hydrogen) atoms. The molecule has 0 unspecified atom stereocenters. The number of nitrogens with one attached hydrogen (secondary N) is 1.